The Kier molecular flexibility index (Phi) is 6.22. The monoisotopic (exact) mass is 458 g/mol. The molecule has 3 heterocycles. The van der Waals surface area contributed by atoms with Crippen LogP contribution in [0.2, 0.25) is 0 Å². The van der Waals surface area contributed by atoms with Crippen LogP contribution in [0.15, 0.2) is 30.5 Å². The molecule has 9 nitrogen and oxygen atoms in total. The predicted molar refractivity (Wildman–Crippen MR) is 119 cm³/mol. The molecule has 2 aromatic rings. The van der Waals surface area contributed by atoms with Gasteiger partial charge < -0.3 is 30.1 Å². The molecule has 1 fully saturated rings. The van der Waals surface area contributed by atoms with E-state index < -0.39 is 17.7 Å². The summed E-state index contributed by atoms with van der Waals surface area (Å²) in [7, 11) is 0. The van der Waals surface area contributed by atoms with Gasteiger partial charge in [-0.15, -0.1) is 0 Å². The van der Waals surface area contributed by atoms with Gasteiger partial charge in [-0.2, -0.15) is 0 Å². The second kappa shape index (κ2) is 8.95. The number of nitrogens with zero attached hydrogens (tertiary/aromatic N) is 3. The molecular weight excluding hydrogens is 431 g/mol. The minimum absolute atomic E-state index is 0.0478. The lowest BCUT2D eigenvalue weighted by Gasteiger charge is -2.31. The molecule has 0 bridgehead atoms. The molecule has 10 heteroatoms. The fourth-order valence-corrected chi connectivity index (χ4v) is 3.87. The second-order valence-corrected chi connectivity index (χ2v) is 8.79. The lowest BCUT2D eigenvalue weighted by molar-refractivity contribution is -0.0159. The normalized spacial score (nSPS) is 17.2. The number of amides is 2. The van der Waals surface area contributed by atoms with Crippen LogP contribution in [0.3, 0.4) is 0 Å². The average molecular weight is 458 g/mol. The van der Waals surface area contributed by atoms with Gasteiger partial charge in [0.1, 0.15) is 17.6 Å². The fraction of sp³-hybridized carbons (Fsp3) is 0.435. The van der Waals surface area contributed by atoms with E-state index in [-0.39, 0.29) is 30.4 Å². The molecule has 1 saturated heterocycles. The first-order chi connectivity index (χ1) is 15.6. The van der Waals surface area contributed by atoms with E-state index in [2.05, 4.69) is 10.3 Å². The van der Waals surface area contributed by atoms with Crippen LogP contribution < -0.4 is 10.2 Å². The zero-order valence-electron chi connectivity index (χ0n) is 18.5. The highest BCUT2D eigenvalue weighted by Crippen LogP contribution is 2.35. The number of pyridine rings is 1. The number of carbonyl (C=O) groups is 2. The van der Waals surface area contributed by atoms with Crippen LogP contribution in [0.1, 0.15) is 40.3 Å². The summed E-state index contributed by atoms with van der Waals surface area (Å²) < 4.78 is 19.9. The molecule has 0 radical (unpaired) electrons. The number of aromatic nitrogens is 1. The van der Waals surface area contributed by atoms with E-state index in [1.54, 1.807) is 12.1 Å². The smallest absolute Gasteiger partial charge is 0.274 e. The van der Waals surface area contributed by atoms with Crippen molar-refractivity contribution in [2.75, 3.05) is 43.1 Å². The largest absolute Gasteiger partial charge is 0.508 e. The van der Waals surface area contributed by atoms with Crippen LogP contribution in [0, 0.1) is 0 Å². The number of morpholine rings is 1. The molecule has 1 atom stereocenters. The number of anilines is 2. The van der Waals surface area contributed by atoms with Gasteiger partial charge in [-0.05, 0) is 37.6 Å². The minimum atomic E-state index is -1.61. The molecule has 176 valence electrons. The van der Waals surface area contributed by atoms with Crippen molar-refractivity contribution in [3.05, 3.63) is 47.3 Å². The Morgan fingerprint density at radius 3 is 2.70 bits per heavy atom. The summed E-state index contributed by atoms with van der Waals surface area (Å²) in [4.78, 5) is 33.2. The third-order valence-corrected chi connectivity index (χ3v) is 5.82. The van der Waals surface area contributed by atoms with Crippen molar-refractivity contribution in [3.8, 4) is 5.75 Å². The molecule has 2 aliphatic heterocycles. The van der Waals surface area contributed by atoms with Crippen LogP contribution >= 0.6 is 0 Å². The number of rotatable bonds is 6. The average Bonchev–Trinajstić information content (AvgIpc) is 3.07. The van der Waals surface area contributed by atoms with Gasteiger partial charge in [-0.3, -0.25) is 14.6 Å². The Labute approximate surface area is 190 Å². The van der Waals surface area contributed by atoms with Gasteiger partial charge >= 0.3 is 0 Å². The first-order valence-electron chi connectivity index (χ1n) is 10.7. The first kappa shape index (κ1) is 22.9. The number of benzene rings is 1. The predicted octanol–water partition coefficient (Wildman–Crippen LogP) is 1.94. The molecule has 0 aliphatic carbocycles. The quantitative estimate of drug-likeness (QED) is 0.606. The maximum absolute atomic E-state index is 14.4. The summed E-state index contributed by atoms with van der Waals surface area (Å²) in [6.45, 7) is 4.84. The fourth-order valence-electron chi connectivity index (χ4n) is 3.87. The van der Waals surface area contributed by atoms with Crippen molar-refractivity contribution in [2.24, 2.45) is 0 Å². The summed E-state index contributed by atoms with van der Waals surface area (Å²) in [5, 5.41) is 22.4. The van der Waals surface area contributed by atoms with Crippen LogP contribution in [0.4, 0.5) is 15.8 Å². The third kappa shape index (κ3) is 4.91. The van der Waals surface area contributed by atoms with E-state index in [9.17, 15) is 24.2 Å². The molecule has 4 rings (SSSR count). The molecule has 2 amide bonds. The number of fused-ring (bicyclic) bond motifs is 1. The van der Waals surface area contributed by atoms with Gasteiger partial charge in [0.25, 0.3) is 11.8 Å². The zero-order chi connectivity index (χ0) is 23.8. The van der Waals surface area contributed by atoms with Crippen molar-refractivity contribution in [1.29, 1.82) is 0 Å². The number of aliphatic hydroxyl groups is 1. The van der Waals surface area contributed by atoms with E-state index >= 15 is 0 Å². The number of aromatic hydroxyl groups is 1. The number of alkyl halides is 1. The Morgan fingerprint density at radius 1 is 1.30 bits per heavy atom. The molecule has 0 unspecified atom stereocenters. The lowest BCUT2D eigenvalue weighted by atomic mass is 10.0. The van der Waals surface area contributed by atoms with Gasteiger partial charge in [-0.25, -0.2) is 4.39 Å². The van der Waals surface area contributed by atoms with Gasteiger partial charge in [0.15, 0.2) is 0 Å². The van der Waals surface area contributed by atoms with E-state index in [0.717, 1.165) is 0 Å². The topological polar surface area (TPSA) is 115 Å². The van der Waals surface area contributed by atoms with Crippen molar-refractivity contribution in [2.45, 2.75) is 32.2 Å². The molecule has 1 aromatic carbocycles. The summed E-state index contributed by atoms with van der Waals surface area (Å²) >= 11 is 0. The maximum Gasteiger partial charge on any atom is 0.274 e. The van der Waals surface area contributed by atoms with Gasteiger partial charge in [-0.1, -0.05) is 0 Å². The molecule has 3 N–H and O–H groups in total. The summed E-state index contributed by atoms with van der Waals surface area (Å²) in [6, 6.07) is 6.07. The highest BCUT2D eigenvalue weighted by atomic mass is 19.1. The van der Waals surface area contributed by atoms with Crippen molar-refractivity contribution in [1.82, 2.24) is 9.88 Å². The van der Waals surface area contributed by atoms with E-state index in [0.29, 0.717) is 48.8 Å². The Morgan fingerprint density at radius 2 is 2.03 bits per heavy atom. The number of carbonyl (C=O) groups excluding carboxylic acids is 2. The SMILES string of the molecule is CC(C)(O)[C@H](F)CN1Cc2cc(NC(=O)c3cc(O)ccn3)c(N3CCOCC3)cc2C1=O. The van der Waals surface area contributed by atoms with Crippen LogP contribution in [0.25, 0.3) is 0 Å². The van der Waals surface area contributed by atoms with Gasteiger partial charge in [0, 0.05) is 37.5 Å². The number of nitrogens with one attached hydrogen (secondary N) is 1. The third-order valence-electron chi connectivity index (χ3n) is 5.82. The molecule has 1 aromatic heterocycles. The molecular formula is C23H27FN4O5. The van der Waals surface area contributed by atoms with E-state index in [1.807, 2.05) is 4.90 Å². The highest BCUT2D eigenvalue weighted by Gasteiger charge is 2.35. The first-order valence-corrected chi connectivity index (χ1v) is 10.7. The number of halogens is 1. The number of hydrogen-bond acceptors (Lipinski definition) is 7. The van der Waals surface area contributed by atoms with E-state index in [4.69, 9.17) is 4.74 Å². The van der Waals surface area contributed by atoms with E-state index in [1.165, 1.54) is 37.1 Å². The zero-order valence-corrected chi connectivity index (χ0v) is 18.5. The summed E-state index contributed by atoms with van der Waals surface area (Å²) in [5.74, 6) is -0.905. The Bertz CT molecular complexity index is 1070. The van der Waals surface area contributed by atoms with Crippen molar-refractivity contribution >= 4 is 23.2 Å². The van der Waals surface area contributed by atoms with Gasteiger partial charge in [0.2, 0.25) is 0 Å². The highest BCUT2D eigenvalue weighted by molar-refractivity contribution is 6.07. The Balaban J connectivity index is 1.65. The summed E-state index contributed by atoms with van der Waals surface area (Å²) in [6.07, 6.45) is -0.270. The molecule has 33 heavy (non-hydrogen) atoms. The number of hydrogen-bond donors (Lipinski definition) is 3. The van der Waals surface area contributed by atoms with Crippen LogP contribution in [0.5, 0.6) is 5.75 Å². The summed E-state index contributed by atoms with van der Waals surface area (Å²) in [5.41, 5.74) is 0.708. The maximum atomic E-state index is 14.4. The van der Waals surface area contributed by atoms with Crippen LogP contribution in [-0.2, 0) is 11.3 Å². The van der Waals surface area contributed by atoms with Crippen molar-refractivity contribution in [3.63, 3.8) is 0 Å². The Hall–Kier alpha value is -3.24. The lowest BCUT2D eigenvalue weighted by Crippen LogP contribution is -2.42. The minimum Gasteiger partial charge on any atom is -0.508 e. The second-order valence-electron chi connectivity index (χ2n) is 8.79. The molecule has 0 spiro atoms. The molecule has 2 aliphatic rings. The van der Waals surface area contributed by atoms with Crippen LogP contribution in [-0.4, -0.2) is 76.5 Å². The van der Waals surface area contributed by atoms with Gasteiger partial charge in [0.05, 0.1) is 36.7 Å². The molecule has 0 saturated carbocycles. The van der Waals surface area contributed by atoms with Crippen molar-refractivity contribution < 1.29 is 28.9 Å². The number of ether oxygens (including phenoxy) is 1. The standard InChI is InChI=1S/C23H27FN4O5/c1-23(2,32)20(24)13-28-12-14-9-17(26-21(30)18-10-15(29)3-4-25-18)19(11-16(14)22(28)31)27-5-7-33-8-6-27/h3-4,9-11,20,32H,5-8,12-13H2,1-2H3,(H,25,29)(H,26,30)/t20-/m1/s1.